The van der Waals surface area contributed by atoms with Gasteiger partial charge in [-0.15, -0.1) is 0 Å². The first-order valence-electron chi connectivity index (χ1n) is 4.33. The Morgan fingerprint density at radius 2 is 2.33 bits per heavy atom. The fourth-order valence-electron chi connectivity index (χ4n) is 1.15. The minimum absolute atomic E-state index is 0.197. The van der Waals surface area contributed by atoms with E-state index in [0.29, 0.717) is 6.42 Å². The number of aryl methyl sites for hydroxylation is 1. The molecule has 0 aromatic carbocycles. The average Bonchev–Trinajstić information content (AvgIpc) is 2.47. The number of ketones is 1. The summed E-state index contributed by atoms with van der Waals surface area (Å²) < 4.78 is 5.04. The first-order valence-corrected chi connectivity index (χ1v) is 4.33. The molecule has 0 N–H and O–H groups in total. The number of furan rings is 1. The van der Waals surface area contributed by atoms with Gasteiger partial charge in [-0.05, 0) is 19.4 Å². The van der Waals surface area contributed by atoms with Crippen LogP contribution in [0.2, 0.25) is 0 Å². The number of Topliss-reactive ketones (excluding diaryl/α,β-unsaturated/α-hetero) is 1. The van der Waals surface area contributed by atoms with Gasteiger partial charge in [0, 0.05) is 6.42 Å². The van der Waals surface area contributed by atoms with Crippen LogP contribution in [0.15, 0.2) is 16.7 Å². The molecule has 0 saturated carbocycles. The fourth-order valence-corrected chi connectivity index (χ4v) is 1.15. The van der Waals surface area contributed by atoms with Crippen LogP contribution < -0.4 is 0 Å². The van der Waals surface area contributed by atoms with Gasteiger partial charge in [0.25, 0.3) is 0 Å². The van der Waals surface area contributed by atoms with Crippen molar-refractivity contribution >= 4 is 5.78 Å². The van der Waals surface area contributed by atoms with Crippen molar-refractivity contribution in [3.63, 3.8) is 0 Å². The van der Waals surface area contributed by atoms with Crippen molar-refractivity contribution in [3.05, 3.63) is 23.7 Å². The van der Waals surface area contributed by atoms with Crippen LogP contribution in [0.25, 0.3) is 0 Å². The molecule has 0 fully saturated rings. The molecule has 0 radical (unpaired) electrons. The van der Waals surface area contributed by atoms with Crippen molar-refractivity contribution in [2.24, 2.45) is 0 Å². The molecule has 0 aliphatic rings. The summed E-state index contributed by atoms with van der Waals surface area (Å²) in [6, 6.07) is 1.74. The summed E-state index contributed by atoms with van der Waals surface area (Å²) in [5, 5.41) is 0. The average molecular weight is 166 g/mol. The van der Waals surface area contributed by atoms with Crippen molar-refractivity contribution in [2.45, 2.75) is 33.1 Å². The molecule has 0 saturated heterocycles. The summed E-state index contributed by atoms with van der Waals surface area (Å²) in [6.45, 7) is 3.90. The molecule has 0 atom stereocenters. The topological polar surface area (TPSA) is 30.2 Å². The van der Waals surface area contributed by atoms with E-state index in [-0.39, 0.29) is 5.78 Å². The van der Waals surface area contributed by atoms with Gasteiger partial charge in [0.05, 0.1) is 11.8 Å². The van der Waals surface area contributed by atoms with Crippen molar-refractivity contribution in [1.29, 1.82) is 0 Å². The van der Waals surface area contributed by atoms with Gasteiger partial charge < -0.3 is 4.42 Å². The highest BCUT2D eigenvalue weighted by molar-refractivity contribution is 5.96. The molecule has 1 aromatic heterocycles. The molecule has 12 heavy (non-hydrogen) atoms. The predicted octanol–water partition coefficient (Wildman–Crippen LogP) is 2.96. The number of carbonyl (C=O) groups is 1. The van der Waals surface area contributed by atoms with Crippen molar-refractivity contribution in [3.8, 4) is 0 Å². The van der Waals surface area contributed by atoms with Crippen LogP contribution in [0.4, 0.5) is 0 Å². The Balaban J connectivity index is 2.59. The summed E-state index contributed by atoms with van der Waals surface area (Å²) in [5.41, 5.74) is 0.739. The number of hydrogen-bond acceptors (Lipinski definition) is 2. The van der Waals surface area contributed by atoms with Crippen LogP contribution in [-0.2, 0) is 0 Å². The zero-order valence-corrected chi connectivity index (χ0v) is 7.59. The molecule has 2 nitrogen and oxygen atoms in total. The molecular weight excluding hydrogens is 152 g/mol. The number of hydrogen-bond donors (Lipinski definition) is 0. The number of rotatable bonds is 4. The third-order valence-corrected chi connectivity index (χ3v) is 1.92. The molecular formula is C10H14O2. The summed E-state index contributed by atoms with van der Waals surface area (Å²) in [6.07, 6.45) is 4.22. The molecule has 0 spiro atoms. The lowest BCUT2D eigenvalue weighted by atomic mass is 10.1. The zero-order chi connectivity index (χ0) is 8.97. The molecule has 0 aliphatic heterocycles. The van der Waals surface area contributed by atoms with Gasteiger partial charge in [-0.2, -0.15) is 0 Å². The van der Waals surface area contributed by atoms with E-state index in [1.807, 2.05) is 6.92 Å². The van der Waals surface area contributed by atoms with E-state index in [0.717, 1.165) is 24.2 Å². The smallest absolute Gasteiger partial charge is 0.166 e. The quantitative estimate of drug-likeness (QED) is 0.644. The van der Waals surface area contributed by atoms with Crippen LogP contribution >= 0.6 is 0 Å². The van der Waals surface area contributed by atoms with Crippen molar-refractivity contribution in [2.75, 3.05) is 0 Å². The number of unbranched alkanes of at least 4 members (excludes halogenated alkanes) is 1. The van der Waals surface area contributed by atoms with E-state index < -0.39 is 0 Å². The molecule has 0 aliphatic carbocycles. The SMILES string of the molecule is CCCCC(=O)c1ccoc1C. The minimum Gasteiger partial charge on any atom is -0.469 e. The largest absolute Gasteiger partial charge is 0.469 e. The monoisotopic (exact) mass is 166 g/mol. The third-order valence-electron chi connectivity index (χ3n) is 1.92. The van der Waals surface area contributed by atoms with E-state index in [4.69, 9.17) is 4.42 Å². The van der Waals surface area contributed by atoms with Gasteiger partial charge in [0.2, 0.25) is 0 Å². The second-order valence-electron chi connectivity index (χ2n) is 2.92. The van der Waals surface area contributed by atoms with E-state index in [2.05, 4.69) is 6.92 Å². The standard InChI is InChI=1S/C10H14O2/c1-3-4-5-10(11)9-6-7-12-8(9)2/h6-7H,3-5H2,1-2H3. The van der Waals surface area contributed by atoms with Crippen LogP contribution in [0, 0.1) is 6.92 Å². The molecule has 66 valence electrons. The van der Waals surface area contributed by atoms with E-state index in [9.17, 15) is 4.79 Å². The molecule has 1 aromatic rings. The highest BCUT2D eigenvalue weighted by Crippen LogP contribution is 2.12. The zero-order valence-electron chi connectivity index (χ0n) is 7.59. The molecule has 1 rings (SSSR count). The second-order valence-corrected chi connectivity index (χ2v) is 2.92. The van der Waals surface area contributed by atoms with Gasteiger partial charge in [-0.25, -0.2) is 0 Å². The summed E-state index contributed by atoms with van der Waals surface area (Å²) >= 11 is 0. The van der Waals surface area contributed by atoms with Crippen molar-refractivity contribution < 1.29 is 9.21 Å². The van der Waals surface area contributed by atoms with Gasteiger partial charge in [-0.3, -0.25) is 4.79 Å². The molecule has 1 heterocycles. The Bertz CT molecular complexity index is 261. The first kappa shape index (κ1) is 9.04. The van der Waals surface area contributed by atoms with Crippen LogP contribution in [0.1, 0.15) is 42.3 Å². The molecule has 0 amide bonds. The van der Waals surface area contributed by atoms with E-state index in [1.54, 1.807) is 12.3 Å². The summed E-state index contributed by atoms with van der Waals surface area (Å²) in [7, 11) is 0. The highest BCUT2D eigenvalue weighted by atomic mass is 16.3. The predicted molar refractivity (Wildman–Crippen MR) is 47.3 cm³/mol. The van der Waals surface area contributed by atoms with Gasteiger partial charge in [-0.1, -0.05) is 13.3 Å². The first-order chi connectivity index (χ1) is 5.75. The number of carbonyl (C=O) groups excluding carboxylic acids is 1. The normalized spacial score (nSPS) is 10.2. The molecule has 2 heteroatoms. The van der Waals surface area contributed by atoms with Gasteiger partial charge in [0.1, 0.15) is 5.76 Å². The molecule has 0 bridgehead atoms. The Kier molecular flexibility index (Phi) is 3.09. The maximum Gasteiger partial charge on any atom is 0.166 e. The lowest BCUT2D eigenvalue weighted by molar-refractivity contribution is 0.0978. The Labute approximate surface area is 72.6 Å². The highest BCUT2D eigenvalue weighted by Gasteiger charge is 2.09. The van der Waals surface area contributed by atoms with Crippen LogP contribution in [0.3, 0.4) is 0 Å². The van der Waals surface area contributed by atoms with Gasteiger partial charge in [0.15, 0.2) is 5.78 Å². The molecule has 0 unspecified atom stereocenters. The van der Waals surface area contributed by atoms with E-state index in [1.165, 1.54) is 0 Å². The summed E-state index contributed by atoms with van der Waals surface area (Å²) in [4.78, 5) is 11.4. The minimum atomic E-state index is 0.197. The van der Waals surface area contributed by atoms with Crippen LogP contribution in [0.5, 0.6) is 0 Å². The Morgan fingerprint density at radius 3 is 2.83 bits per heavy atom. The van der Waals surface area contributed by atoms with Gasteiger partial charge >= 0.3 is 0 Å². The fraction of sp³-hybridized carbons (Fsp3) is 0.500. The third kappa shape index (κ3) is 1.97. The lowest BCUT2D eigenvalue weighted by Crippen LogP contribution is -1.98. The summed E-state index contributed by atoms with van der Waals surface area (Å²) in [5.74, 6) is 0.930. The van der Waals surface area contributed by atoms with E-state index >= 15 is 0 Å². The Hall–Kier alpha value is -1.05. The maximum absolute atomic E-state index is 11.4. The maximum atomic E-state index is 11.4. The Morgan fingerprint density at radius 1 is 1.58 bits per heavy atom. The van der Waals surface area contributed by atoms with Crippen LogP contribution in [-0.4, -0.2) is 5.78 Å². The van der Waals surface area contributed by atoms with Crippen molar-refractivity contribution in [1.82, 2.24) is 0 Å². The lowest BCUT2D eigenvalue weighted by Gasteiger charge is -1.96. The second kappa shape index (κ2) is 4.10.